The number of hydrogen-bond acceptors (Lipinski definition) is 18. The Kier molecular flexibility index (Phi) is 25.1. The van der Waals surface area contributed by atoms with Crippen LogP contribution in [-0.2, 0) is 44.7 Å². The summed E-state index contributed by atoms with van der Waals surface area (Å²) < 4.78 is 12.7. The second-order valence-electron chi connectivity index (χ2n) is 24.4. The van der Waals surface area contributed by atoms with Gasteiger partial charge in [0.1, 0.15) is 41.5 Å². The zero-order chi connectivity index (χ0) is 61.1. The van der Waals surface area contributed by atoms with Crippen LogP contribution in [0.3, 0.4) is 0 Å². The number of cyclic esters (lactones) is 1. The highest BCUT2D eigenvalue weighted by atomic mass is 16.5. The molecule has 13 N–H and O–H groups in total. The highest BCUT2D eigenvalue weighted by Gasteiger charge is 2.57. The predicted molar refractivity (Wildman–Crippen MR) is 301 cm³/mol. The van der Waals surface area contributed by atoms with Gasteiger partial charge < -0.3 is 76.2 Å². The van der Waals surface area contributed by atoms with Crippen LogP contribution >= 0.6 is 0 Å². The minimum absolute atomic E-state index is 0.00556. The predicted octanol–water partition coefficient (Wildman–Crippen LogP) is 1.74. The first-order valence-corrected chi connectivity index (χ1v) is 29.5. The number of aliphatic hydroxyl groups excluding tert-OH is 8. The van der Waals surface area contributed by atoms with Gasteiger partial charge in [0.15, 0.2) is 0 Å². The number of rotatable bonds is 16. The number of amides is 4. The lowest BCUT2D eigenvalue weighted by molar-refractivity contribution is -0.267. The number of Topliss-reactive ketones (excluding diaryl/α,β-unsaturated/α-hetero) is 1. The second kappa shape index (κ2) is 30.3. The van der Waals surface area contributed by atoms with Crippen molar-refractivity contribution < 1.29 is 84.2 Å². The number of hydrazine groups is 1. The number of phenols is 1. The Bertz CT molecular complexity index is 2390. The first-order valence-electron chi connectivity index (χ1n) is 29.5. The highest BCUT2D eigenvalue weighted by molar-refractivity contribution is 5.93. The quantitative estimate of drug-likeness (QED) is 0.0828. The summed E-state index contributed by atoms with van der Waals surface area (Å²) in [7, 11) is 0. The van der Waals surface area contributed by atoms with E-state index in [1.165, 1.54) is 44.0 Å². The van der Waals surface area contributed by atoms with Crippen molar-refractivity contribution in [2.24, 2.45) is 47.3 Å². The van der Waals surface area contributed by atoms with Gasteiger partial charge in [-0.05, 0) is 93.9 Å². The summed E-state index contributed by atoms with van der Waals surface area (Å²) in [5, 5.41) is 111. The van der Waals surface area contributed by atoms with Crippen molar-refractivity contribution in [3.05, 3.63) is 53.6 Å². The summed E-state index contributed by atoms with van der Waals surface area (Å²) in [5.41, 5.74) is 2.41. The van der Waals surface area contributed by atoms with Crippen LogP contribution in [0.15, 0.2) is 48.1 Å². The monoisotopic (exact) mass is 1160 g/mol. The van der Waals surface area contributed by atoms with E-state index in [0.29, 0.717) is 18.4 Å². The molecule has 3 saturated heterocycles. The number of nitrogens with one attached hydrogen (secondary N) is 4. The molecular formula is C60H95N5O17. The maximum Gasteiger partial charge on any atom is 0.325 e. The average molecular weight is 1160 g/mol. The Labute approximate surface area is 482 Å². The van der Waals surface area contributed by atoms with E-state index in [-0.39, 0.29) is 98.7 Å². The van der Waals surface area contributed by atoms with E-state index in [0.717, 1.165) is 12.2 Å². The first kappa shape index (κ1) is 67.9. The van der Waals surface area contributed by atoms with E-state index in [2.05, 4.69) is 21.4 Å². The number of fused-ring (bicyclic) bond motifs is 2. The van der Waals surface area contributed by atoms with Gasteiger partial charge in [-0.2, -0.15) is 0 Å². The van der Waals surface area contributed by atoms with Gasteiger partial charge in [-0.25, -0.2) is 5.43 Å². The molecule has 2 unspecified atom stereocenters. The molecule has 5 rings (SSSR count). The van der Waals surface area contributed by atoms with Crippen LogP contribution < -0.4 is 21.4 Å². The molecule has 1 spiro atoms. The van der Waals surface area contributed by atoms with Crippen LogP contribution in [0, 0.1) is 47.3 Å². The van der Waals surface area contributed by atoms with Gasteiger partial charge in [-0.3, -0.25) is 29.0 Å². The zero-order valence-electron chi connectivity index (χ0n) is 49.4. The van der Waals surface area contributed by atoms with Gasteiger partial charge >= 0.3 is 5.97 Å². The summed E-state index contributed by atoms with van der Waals surface area (Å²) in [4.78, 5) is 82.5. The molecule has 22 nitrogen and oxygen atoms in total. The van der Waals surface area contributed by atoms with Gasteiger partial charge in [0.2, 0.25) is 17.7 Å². The number of carbonyl (C=O) groups excluding carboxylic acids is 6. The molecule has 462 valence electrons. The topological polar surface area (TPSA) is 354 Å². The van der Waals surface area contributed by atoms with Gasteiger partial charge in [0.05, 0.1) is 60.9 Å². The molecule has 1 aromatic carbocycles. The van der Waals surface area contributed by atoms with Crippen molar-refractivity contribution in [2.75, 3.05) is 6.54 Å². The largest absolute Gasteiger partial charge is 0.508 e. The Morgan fingerprint density at radius 1 is 0.854 bits per heavy atom. The fraction of sp³-hybridized carbons (Fsp3) is 0.733. The molecular weight excluding hydrogens is 1060 g/mol. The van der Waals surface area contributed by atoms with Crippen molar-refractivity contribution in [1.29, 1.82) is 0 Å². The number of aliphatic hydroxyl groups is 8. The molecule has 4 amide bonds. The number of aromatic hydroxyl groups is 1. The first-order chi connectivity index (χ1) is 38.5. The Balaban J connectivity index is 1.39. The molecule has 0 radical (unpaired) electrons. The lowest BCUT2D eigenvalue weighted by Crippen LogP contribution is -2.71. The zero-order valence-corrected chi connectivity index (χ0v) is 49.4. The summed E-state index contributed by atoms with van der Waals surface area (Å²) in [5.74, 6) is -8.23. The number of benzene rings is 1. The van der Waals surface area contributed by atoms with Crippen molar-refractivity contribution in [3.8, 4) is 5.75 Å². The van der Waals surface area contributed by atoms with Crippen molar-refractivity contribution >= 4 is 35.4 Å². The van der Waals surface area contributed by atoms with Crippen molar-refractivity contribution in [1.82, 2.24) is 26.4 Å². The average Bonchev–Trinajstić information content (AvgIpc) is 3.63. The lowest BCUT2D eigenvalue weighted by Gasteiger charge is -2.56. The Hall–Kier alpha value is -4.88. The molecule has 1 aromatic rings. The molecule has 4 aliphatic heterocycles. The maximum atomic E-state index is 14.6. The number of ether oxygens (including phenoxy) is 2. The number of piperidine rings is 1. The van der Waals surface area contributed by atoms with Crippen LogP contribution in [-0.4, -0.2) is 178 Å². The number of carbonyl (C=O) groups is 6. The minimum Gasteiger partial charge on any atom is -0.508 e. The van der Waals surface area contributed by atoms with Gasteiger partial charge in [0, 0.05) is 61.8 Å². The standard InChI is InChI=1S/C60H95N5O17/c1-11-39-25-33(6)60(63-55(39)76)37(10)53(74)36(9)51(82-60)28-47(71)31(4)17-20-45(69)48(72)24-32(5)50-29-49(73)46(70)22-21-44(68)35(8)54(75)41(19-18-34(7)66)56(77)62-52(30(2)3)57(78)61-43(27-38-14-12-15-40(67)26-38)58(79)65-23-13-16-42(64-65)59(80)81-50/h12,14-15,21-22,24,26,30-31,33,35-37,39,41-54,64,67-75H,11,13,16-20,23,25,27-29H2,1-10H3,(H,61,78)(H,62,77)(H,63,76)/b22-21+,32-24+/t31-,33-,35-,36-,37-,39-,41+,42-,43-,44-,45-,46?,47-,48-,49?,50-,51-,52-,53-,54+,60+/m0/s1. The van der Waals surface area contributed by atoms with Crippen LogP contribution in [0.2, 0.25) is 0 Å². The van der Waals surface area contributed by atoms with Crippen LogP contribution in [0.5, 0.6) is 5.75 Å². The molecule has 4 aliphatic rings. The fourth-order valence-corrected chi connectivity index (χ4v) is 11.9. The van der Waals surface area contributed by atoms with Crippen LogP contribution in [0.4, 0.5) is 0 Å². The van der Waals surface area contributed by atoms with Gasteiger partial charge in [0.25, 0.3) is 5.91 Å². The minimum atomic E-state index is -1.72. The lowest BCUT2D eigenvalue weighted by atomic mass is 9.69. The number of nitrogens with zero attached hydrogens (tertiary/aromatic N) is 1. The Morgan fingerprint density at radius 2 is 1.54 bits per heavy atom. The van der Waals surface area contributed by atoms with Gasteiger partial charge in [-0.1, -0.05) is 85.8 Å². The smallest absolute Gasteiger partial charge is 0.325 e. The van der Waals surface area contributed by atoms with Crippen molar-refractivity contribution in [2.45, 2.75) is 225 Å². The molecule has 0 saturated carbocycles. The molecule has 3 fully saturated rings. The van der Waals surface area contributed by atoms with Crippen LogP contribution in [0.25, 0.3) is 0 Å². The van der Waals surface area contributed by atoms with E-state index in [1.54, 1.807) is 32.9 Å². The van der Waals surface area contributed by atoms with E-state index >= 15 is 0 Å². The molecule has 0 aliphatic carbocycles. The number of ketones is 1. The fourth-order valence-electron chi connectivity index (χ4n) is 11.9. The Morgan fingerprint density at radius 3 is 2.18 bits per heavy atom. The van der Waals surface area contributed by atoms with E-state index in [1.807, 2.05) is 27.7 Å². The third kappa shape index (κ3) is 17.4. The third-order valence-electron chi connectivity index (χ3n) is 17.8. The second-order valence-corrected chi connectivity index (χ2v) is 24.4. The molecule has 4 heterocycles. The molecule has 0 aromatic heterocycles. The number of esters is 1. The molecule has 82 heavy (non-hydrogen) atoms. The van der Waals surface area contributed by atoms with E-state index < -0.39 is 145 Å². The summed E-state index contributed by atoms with van der Waals surface area (Å²) in [6, 6.07) is 2.25. The maximum absolute atomic E-state index is 14.6. The third-order valence-corrected chi connectivity index (χ3v) is 17.8. The van der Waals surface area contributed by atoms with Crippen molar-refractivity contribution in [3.63, 3.8) is 0 Å². The molecule has 21 atom stereocenters. The number of hydrogen-bond donors (Lipinski definition) is 13. The summed E-state index contributed by atoms with van der Waals surface area (Å²) in [6.45, 7) is 17.1. The highest BCUT2D eigenvalue weighted by Crippen LogP contribution is 2.46. The molecule has 22 heteroatoms. The van der Waals surface area contributed by atoms with Crippen LogP contribution in [0.1, 0.15) is 139 Å². The SMILES string of the molecule is CC[C@H]1C[C@H](C)[C@@]2(NC1=O)O[C@@H](C[C@H](O)[C@@H](C)CC[C@H](O)[C@@H](O)/C=C(\C)[C@@H]1CC(O)C(O)/C=C/[C@H](O)[C@H](C)[C@@H](O)[C@@H](CCC(C)=O)C(=O)N[C@@H](C(C)C)C(=O)N[C@@H](Cc3cccc(O)c3)C(=O)N3CCC[C@H](N3)C(=O)O1)[C@H](C)[C@H](O)[C@@H]2C. The summed E-state index contributed by atoms with van der Waals surface area (Å²) >= 11 is 0. The number of phenolic OH excluding ortho intramolecular Hbond substituents is 1. The van der Waals surface area contributed by atoms with E-state index in [9.17, 15) is 74.7 Å². The molecule has 2 bridgehead atoms. The van der Waals surface area contributed by atoms with E-state index in [4.69, 9.17) is 9.47 Å². The normalized spacial score (nSPS) is 36.2. The summed E-state index contributed by atoms with van der Waals surface area (Å²) in [6.07, 6.45) is -8.79. The van der Waals surface area contributed by atoms with Gasteiger partial charge in [-0.15, -0.1) is 0 Å².